The van der Waals surface area contributed by atoms with E-state index in [1.165, 1.54) is 5.56 Å². The highest BCUT2D eigenvalue weighted by Gasteiger charge is 2.28. The molecular formula is C18H22N2O3S. The van der Waals surface area contributed by atoms with E-state index >= 15 is 0 Å². The van der Waals surface area contributed by atoms with Crippen LogP contribution in [0.25, 0.3) is 0 Å². The molecule has 0 bridgehead atoms. The van der Waals surface area contributed by atoms with Crippen LogP contribution >= 0.6 is 0 Å². The van der Waals surface area contributed by atoms with E-state index in [-0.39, 0.29) is 5.91 Å². The lowest BCUT2D eigenvalue weighted by Crippen LogP contribution is -2.45. The fourth-order valence-corrected chi connectivity index (χ4v) is 3.63. The fourth-order valence-electron chi connectivity index (χ4n) is 2.45. The molecule has 5 nitrogen and oxygen atoms in total. The van der Waals surface area contributed by atoms with Crippen molar-refractivity contribution in [2.45, 2.75) is 26.3 Å². The van der Waals surface area contributed by atoms with Gasteiger partial charge >= 0.3 is 0 Å². The molecule has 1 unspecified atom stereocenters. The van der Waals surface area contributed by atoms with Crippen LogP contribution in [0.2, 0.25) is 0 Å². The van der Waals surface area contributed by atoms with E-state index in [0.717, 1.165) is 17.0 Å². The summed E-state index contributed by atoms with van der Waals surface area (Å²) in [7, 11) is -3.59. The molecule has 0 aliphatic heterocycles. The second-order valence-electron chi connectivity index (χ2n) is 5.61. The second-order valence-corrected chi connectivity index (χ2v) is 7.47. The Morgan fingerprint density at radius 2 is 1.67 bits per heavy atom. The minimum absolute atomic E-state index is 0.381. The maximum Gasteiger partial charge on any atom is 0.247 e. The van der Waals surface area contributed by atoms with E-state index in [2.05, 4.69) is 12.2 Å². The van der Waals surface area contributed by atoms with E-state index in [1.54, 1.807) is 37.3 Å². The number of carbonyl (C=O) groups excluding carboxylic acids is 1. The van der Waals surface area contributed by atoms with Crippen LogP contribution in [0.4, 0.5) is 11.4 Å². The Labute approximate surface area is 143 Å². The Balaban J connectivity index is 2.22. The number of nitrogens with zero attached hydrogens (tertiary/aromatic N) is 1. The van der Waals surface area contributed by atoms with Crippen molar-refractivity contribution < 1.29 is 13.2 Å². The first-order valence-electron chi connectivity index (χ1n) is 7.77. The third kappa shape index (κ3) is 4.35. The van der Waals surface area contributed by atoms with Gasteiger partial charge in [0.1, 0.15) is 6.04 Å². The minimum atomic E-state index is -3.59. The van der Waals surface area contributed by atoms with Crippen molar-refractivity contribution in [1.29, 1.82) is 0 Å². The van der Waals surface area contributed by atoms with Gasteiger partial charge < -0.3 is 5.32 Å². The number of benzene rings is 2. The maximum absolute atomic E-state index is 12.5. The van der Waals surface area contributed by atoms with Gasteiger partial charge in [0.25, 0.3) is 0 Å². The fraction of sp³-hybridized carbons (Fsp3) is 0.278. The zero-order valence-electron chi connectivity index (χ0n) is 14.1. The quantitative estimate of drug-likeness (QED) is 0.874. The summed E-state index contributed by atoms with van der Waals surface area (Å²) in [6, 6.07) is 15.2. The molecule has 1 N–H and O–H groups in total. The lowest BCUT2D eigenvalue weighted by atomic mass is 10.1. The summed E-state index contributed by atoms with van der Waals surface area (Å²) in [4.78, 5) is 12.5. The van der Waals surface area contributed by atoms with Crippen LogP contribution in [0.15, 0.2) is 54.6 Å². The van der Waals surface area contributed by atoms with Crippen LogP contribution in [0.5, 0.6) is 0 Å². The Hall–Kier alpha value is -2.34. The van der Waals surface area contributed by atoms with E-state index in [9.17, 15) is 13.2 Å². The molecule has 0 aliphatic rings. The van der Waals surface area contributed by atoms with Crippen molar-refractivity contribution in [3.63, 3.8) is 0 Å². The Bertz CT molecular complexity index is 787. The van der Waals surface area contributed by atoms with Crippen LogP contribution in [-0.2, 0) is 21.2 Å². The van der Waals surface area contributed by atoms with Crippen molar-refractivity contribution in [2.24, 2.45) is 0 Å². The van der Waals surface area contributed by atoms with Crippen molar-refractivity contribution in [3.8, 4) is 0 Å². The predicted molar refractivity (Wildman–Crippen MR) is 97.7 cm³/mol. The van der Waals surface area contributed by atoms with Crippen molar-refractivity contribution >= 4 is 27.3 Å². The van der Waals surface area contributed by atoms with Crippen LogP contribution in [0, 0.1) is 0 Å². The minimum Gasteiger partial charge on any atom is -0.324 e. The van der Waals surface area contributed by atoms with Crippen LogP contribution in [-0.4, -0.2) is 26.6 Å². The average Bonchev–Trinajstić information content (AvgIpc) is 2.55. The number of para-hydroxylation sites is 1. The molecule has 2 rings (SSSR count). The number of hydrogen-bond donors (Lipinski definition) is 1. The third-order valence-electron chi connectivity index (χ3n) is 3.73. The highest BCUT2D eigenvalue weighted by molar-refractivity contribution is 7.92. The maximum atomic E-state index is 12.5. The van der Waals surface area contributed by atoms with E-state index < -0.39 is 16.1 Å². The van der Waals surface area contributed by atoms with Gasteiger partial charge in [0.2, 0.25) is 15.9 Å². The van der Waals surface area contributed by atoms with Gasteiger partial charge in [-0.25, -0.2) is 8.42 Å². The molecule has 128 valence electrons. The predicted octanol–water partition coefficient (Wildman–Crippen LogP) is 3.04. The number of nitrogens with one attached hydrogen (secondary N) is 1. The normalized spacial score (nSPS) is 12.5. The van der Waals surface area contributed by atoms with Gasteiger partial charge in [0.05, 0.1) is 11.9 Å². The first-order valence-corrected chi connectivity index (χ1v) is 9.62. The summed E-state index contributed by atoms with van der Waals surface area (Å²) in [5.41, 5.74) is 2.28. The number of anilines is 2. The largest absolute Gasteiger partial charge is 0.324 e. The standard InChI is InChI=1S/C18H22N2O3S/c1-4-15-10-12-16(13-11-15)19-18(21)14(2)20(24(3,22)23)17-8-6-5-7-9-17/h5-14H,4H2,1-3H3,(H,19,21). The van der Waals surface area contributed by atoms with Gasteiger partial charge in [0.15, 0.2) is 0 Å². The van der Waals surface area contributed by atoms with Crippen LogP contribution < -0.4 is 9.62 Å². The topological polar surface area (TPSA) is 66.5 Å². The van der Waals surface area contributed by atoms with Crippen molar-refractivity contribution in [2.75, 3.05) is 15.9 Å². The number of carbonyl (C=O) groups is 1. The number of sulfonamides is 1. The smallest absolute Gasteiger partial charge is 0.247 e. The SMILES string of the molecule is CCc1ccc(NC(=O)C(C)N(c2ccccc2)S(C)(=O)=O)cc1. The molecule has 6 heteroatoms. The summed E-state index contributed by atoms with van der Waals surface area (Å²) in [6.07, 6.45) is 2.01. The van der Waals surface area contributed by atoms with Gasteiger partial charge in [0, 0.05) is 5.69 Å². The molecule has 1 atom stereocenters. The van der Waals surface area contributed by atoms with Crippen LogP contribution in [0.1, 0.15) is 19.4 Å². The van der Waals surface area contributed by atoms with Gasteiger partial charge in [-0.05, 0) is 43.2 Å². The summed E-state index contributed by atoms with van der Waals surface area (Å²) in [6.45, 7) is 3.63. The van der Waals surface area contributed by atoms with Crippen molar-refractivity contribution in [1.82, 2.24) is 0 Å². The molecule has 2 aromatic carbocycles. The Kier molecular flexibility index (Phi) is 5.62. The third-order valence-corrected chi connectivity index (χ3v) is 4.97. The highest BCUT2D eigenvalue weighted by atomic mass is 32.2. The van der Waals surface area contributed by atoms with Crippen LogP contribution in [0.3, 0.4) is 0 Å². The molecule has 2 aromatic rings. The molecule has 1 amide bonds. The molecular weight excluding hydrogens is 324 g/mol. The molecule has 0 fully saturated rings. The Morgan fingerprint density at radius 3 is 2.17 bits per heavy atom. The van der Waals surface area contributed by atoms with Gasteiger partial charge in [-0.3, -0.25) is 9.10 Å². The zero-order chi connectivity index (χ0) is 17.7. The molecule has 0 saturated heterocycles. The van der Waals surface area contributed by atoms with Crippen molar-refractivity contribution in [3.05, 3.63) is 60.2 Å². The number of aryl methyl sites for hydroxylation is 1. The average molecular weight is 346 g/mol. The molecule has 24 heavy (non-hydrogen) atoms. The second kappa shape index (κ2) is 7.49. The van der Waals surface area contributed by atoms with E-state index in [0.29, 0.717) is 11.4 Å². The molecule has 0 aromatic heterocycles. The molecule has 0 heterocycles. The van der Waals surface area contributed by atoms with E-state index in [1.807, 2.05) is 24.3 Å². The first-order chi connectivity index (χ1) is 11.3. The molecule has 0 aliphatic carbocycles. The number of amides is 1. The summed E-state index contributed by atoms with van der Waals surface area (Å²) >= 11 is 0. The lowest BCUT2D eigenvalue weighted by Gasteiger charge is -2.28. The molecule has 0 spiro atoms. The Morgan fingerprint density at radius 1 is 1.08 bits per heavy atom. The number of hydrogen-bond acceptors (Lipinski definition) is 3. The summed E-state index contributed by atoms with van der Waals surface area (Å²) < 4.78 is 25.4. The first kappa shape index (κ1) is 18.0. The summed E-state index contributed by atoms with van der Waals surface area (Å²) in [5, 5.41) is 2.77. The highest BCUT2D eigenvalue weighted by Crippen LogP contribution is 2.21. The van der Waals surface area contributed by atoms with Gasteiger partial charge in [-0.2, -0.15) is 0 Å². The monoisotopic (exact) mass is 346 g/mol. The van der Waals surface area contributed by atoms with Gasteiger partial charge in [-0.15, -0.1) is 0 Å². The van der Waals surface area contributed by atoms with Gasteiger partial charge in [-0.1, -0.05) is 37.3 Å². The molecule has 0 saturated carbocycles. The van der Waals surface area contributed by atoms with E-state index in [4.69, 9.17) is 0 Å². The lowest BCUT2D eigenvalue weighted by molar-refractivity contribution is -0.116. The summed E-state index contributed by atoms with van der Waals surface area (Å²) in [5.74, 6) is -0.381. The zero-order valence-corrected chi connectivity index (χ0v) is 14.9. The molecule has 0 radical (unpaired) electrons. The number of rotatable bonds is 6.